The minimum atomic E-state index is -1.75. The number of pyridine rings is 2. The molecule has 10 nitrogen and oxygen atoms in total. The molecule has 126 valence electrons. The van der Waals surface area contributed by atoms with Gasteiger partial charge in [0.15, 0.2) is 0 Å². The summed E-state index contributed by atoms with van der Waals surface area (Å²) in [6.07, 6.45) is 9.24. The van der Waals surface area contributed by atoms with Gasteiger partial charge in [0.05, 0.1) is 17.5 Å². The molecule has 0 radical (unpaired) electrons. The topological polar surface area (TPSA) is 157 Å². The molecule has 2 rings (SSSR count). The molecule has 23 heavy (non-hydrogen) atoms. The van der Waals surface area contributed by atoms with E-state index in [0.717, 1.165) is 11.1 Å². The van der Waals surface area contributed by atoms with Crippen molar-refractivity contribution in [3.8, 4) is 0 Å². The van der Waals surface area contributed by atoms with E-state index in [1.54, 1.807) is 49.1 Å². The van der Waals surface area contributed by atoms with Crippen LogP contribution in [0, 0.1) is 15.3 Å². The molecular formula is C12H12AgN5O5. The number of nitrogens with zero attached hydrogens (tertiary/aromatic N) is 5. The molecule has 0 aliphatic carbocycles. The van der Waals surface area contributed by atoms with E-state index in [1.165, 1.54) is 12.4 Å². The molecule has 0 bridgehead atoms. The molecule has 0 saturated carbocycles. The summed E-state index contributed by atoms with van der Waals surface area (Å²) in [6, 6.07) is 7.00. The fourth-order valence-electron chi connectivity index (χ4n) is 1.03. The zero-order chi connectivity index (χ0) is 16.6. The summed E-state index contributed by atoms with van der Waals surface area (Å²) in [5.41, 5.74) is 1.68. The van der Waals surface area contributed by atoms with Crippen molar-refractivity contribution in [3.05, 3.63) is 75.5 Å². The Bertz CT molecular complexity index is 531. The van der Waals surface area contributed by atoms with Gasteiger partial charge in [-0.15, -0.1) is 0 Å². The third-order valence-electron chi connectivity index (χ3n) is 1.83. The molecule has 2 aromatic rings. The average molecular weight is 414 g/mol. The van der Waals surface area contributed by atoms with Crippen molar-refractivity contribution in [2.24, 2.45) is 10.3 Å². The van der Waals surface area contributed by atoms with Crippen LogP contribution in [0.4, 0.5) is 0 Å². The predicted molar refractivity (Wildman–Crippen MR) is 77.6 cm³/mol. The van der Waals surface area contributed by atoms with Gasteiger partial charge in [-0.3, -0.25) is 9.97 Å². The maximum Gasteiger partial charge on any atom is 1.00 e. The van der Waals surface area contributed by atoms with Crippen molar-refractivity contribution >= 4 is 12.4 Å². The van der Waals surface area contributed by atoms with E-state index in [2.05, 4.69) is 20.3 Å². The predicted octanol–water partition coefficient (Wildman–Crippen LogP) is 1.54. The van der Waals surface area contributed by atoms with Crippen LogP contribution in [-0.2, 0) is 22.4 Å². The molecular weight excluding hydrogens is 402 g/mol. The Morgan fingerprint density at radius 1 is 0.870 bits per heavy atom. The minimum absolute atomic E-state index is 0. The van der Waals surface area contributed by atoms with Gasteiger partial charge in [0, 0.05) is 24.8 Å². The normalized spacial score (nSPS) is 9.04. The quantitative estimate of drug-likeness (QED) is 0.248. The van der Waals surface area contributed by atoms with E-state index in [0.29, 0.717) is 0 Å². The van der Waals surface area contributed by atoms with Crippen molar-refractivity contribution in [2.45, 2.75) is 0 Å². The monoisotopic (exact) mass is 413 g/mol. The Balaban J connectivity index is 0. The van der Waals surface area contributed by atoms with Crippen molar-refractivity contribution in [3.63, 3.8) is 0 Å². The minimum Gasteiger partial charge on any atom is -0.411 e. The van der Waals surface area contributed by atoms with Crippen molar-refractivity contribution in [1.82, 2.24) is 9.97 Å². The second-order valence-electron chi connectivity index (χ2n) is 3.27. The van der Waals surface area contributed by atoms with Crippen LogP contribution in [0.5, 0.6) is 0 Å². The van der Waals surface area contributed by atoms with Gasteiger partial charge < -0.3 is 25.7 Å². The summed E-state index contributed by atoms with van der Waals surface area (Å²) in [4.78, 5) is 15.8. The Morgan fingerprint density at radius 3 is 1.35 bits per heavy atom. The number of hydrogen-bond acceptors (Lipinski definition) is 9. The smallest absolute Gasteiger partial charge is 0.411 e. The molecule has 0 spiro atoms. The van der Waals surface area contributed by atoms with Gasteiger partial charge in [-0.25, -0.2) is 0 Å². The zero-order valence-corrected chi connectivity index (χ0v) is 12.9. The third-order valence-corrected chi connectivity index (χ3v) is 1.83. The van der Waals surface area contributed by atoms with Gasteiger partial charge in [0.2, 0.25) is 0 Å². The van der Waals surface area contributed by atoms with Gasteiger partial charge in [-0.1, -0.05) is 10.3 Å². The van der Waals surface area contributed by atoms with Crippen molar-refractivity contribution in [2.75, 3.05) is 0 Å². The number of aromatic nitrogens is 2. The fourth-order valence-corrected chi connectivity index (χ4v) is 1.03. The molecule has 0 unspecified atom stereocenters. The van der Waals surface area contributed by atoms with Crippen LogP contribution in [-0.4, -0.2) is 37.9 Å². The zero-order valence-electron chi connectivity index (χ0n) is 11.4. The molecule has 0 amide bonds. The number of rotatable bonds is 2. The summed E-state index contributed by atoms with van der Waals surface area (Å²) in [5, 5.41) is 36.6. The van der Waals surface area contributed by atoms with Crippen LogP contribution < -0.4 is 0 Å². The molecule has 2 N–H and O–H groups in total. The van der Waals surface area contributed by atoms with Gasteiger partial charge in [0.1, 0.15) is 0 Å². The fraction of sp³-hybridized carbons (Fsp3) is 0. The molecule has 2 heterocycles. The third kappa shape index (κ3) is 15.4. The van der Waals surface area contributed by atoms with E-state index in [9.17, 15) is 0 Å². The molecule has 2 aromatic heterocycles. The largest absolute Gasteiger partial charge is 1.00 e. The van der Waals surface area contributed by atoms with Crippen LogP contribution in [0.3, 0.4) is 0 Å². The molecule has 0 aliphatic rings. The summed E-state index contributed by atoms with van der Waals surface area (Å²) in [6.45, 7) is 0. The van der Waals surface area contributed by atoms with E-state index < -0.39 is 5.09 Å². The van der Waals surface area contributed by atoms with E-state index in [-0.39, 0.29) is 22.4 Å². The van der Waals surface area contributed by atoms with E-state index in [4.69, 9.17) is 25.7 Å². The van der Waals surface area contributed by atoms with Crippen LogP contribution in [0.15, 0.2) is 59.4 Å². The first-order chi connectivity index (χ1) is 10.6. The summed E-state index contributed by atoms with van der Waals surface area (Å²) in [7, 11) is 0. The number of oxime groups is 2. The molecule has 11 heteroatoms. The van der Waals surface area contributed by atoms with Crippen molar-refractivity contribution in [1.29, 1.82) is 0 Å². The van der Waals surface area contributed by atoms with Crippen LogP contribution in [0.25, 0.3) is 0 Å². The average Bonchev–Trinajstić information content (AvgIpc) is 2.50. The summed E-state index contributed by atoms with van der Waals surface area (Å²) < 4.78 is 0. The second-order valence-corrected chi connectivity index (χ2v) is 3.27. The standard InChI is InChI=1S/2C6H6N2O.Ag.NO3/c2*9-8-5-6-1-3-7-4-2-6;;2-1(3)4/h2*1-5,9H;;/q;;+1;-1/b2*8-5+;;. The first-order valence-corrected chi connectivity index (χ1v) is 5.56. The Morgan fingerprint density at radius 2 is 1.13 bits per heavy atom. The summed E-state index contributed by atoms with van der Waals surface area (Å²) >= 11 is 0. The Kier molecular flexibility index (Phi) is 15.2. The van der Waals surface area contributed by atoms with Gasteiger partial charge in [-0.05, 0) is 35.4 Å². The maximum atomic E-state index is 8.25. The molecule has 0 fully saturated rings. The van der Waals surface area contributed by atoms with Crippen LogP contribution in [0.2, 0.25) is 0 Å². The maximum absolute atomic E-state index is 8.25. The van der Waals surface area contributed by atoms with E-state index >= 15 is 0 Å². The van der Waals surface area contributed by atoms with Gasteiger partial charge >= 0.3 is 22.4 Å². The van der Waals surface area contributed by atoms with Gasteiger partial charge in [0.25, 0.3) is 0 Å². The van der Waals surface area contributed by atoms with Crippen LogP contribution >= 0.6 is 0 Å². The molecule has 0 aromatic carbocycles. The molecule has 0 atom stereocenters. The first-order valence-electron chi connectivity index (χ1n) is 5.56. The van der Waals surface area contributed by atoms with Crippen LogP contribution in [0.1, 0.15) is 11.1 Å². The van der Waals surface area contributed by atoms with Crippen molar-refractivity contribution < 1.29 is 37.9 Å². The molecule has 0 aliphatic heterocycles. The first kappa shape index (κ1) is 22.5. The summed E-state index contributed by atoms with van der Waals surface area (Å²) in [5.74, 6) is 0. The Hall–Kier alpha value is -2.82. The number of hydrogen-bond donors (Lipinski definition) is 2. The Labute approximate surface area is 146 Å². The second kappa shape index (κ2) is 15.6. The van der Waals surface area contributed by atoms with Gasteiger partial charge in [-0.2, -0.15) is 0 Å². The molecule has 0 saturated heterocycles. The SMILES string of the molecule is O/N=C/c1ccncc1.O/N=C/c1ccncc1.O=[N+]([O-])[O-].[Ag+]. The van der Waals surface area contributed by atoms with E-state index in [1.807, 2.05) is 0 Å².